The first-order chi connectivity index (χ1) is 11.7. The van der Waals surface area contributed by atoms with Crippen LogP contribution in [0.5, 0.6) is 0 Å². The van der Waals surface area contributed by atoms with Crippen LogP contribution in [0.4, 0.5) is 6.01 Å². The van der Waals surface area contributed by atoms with Crippen LogP contribution in [0.1, 0.15) is 24.3 Å². The molecule has 0 radical (unpaired) electrons. The molecule has 0 unspecified atom stereocenters. The molecule has 1 aliphatic rings. The summed E-state index contributed by atoms with van der Waals surface area (Å²) in [5.41, 5.74) is 1.15. The van der Waals surface area contributed by atoms with Gasteiger partial charge in [0.1, 0.15) is 0 Å². The molecule has 7 heteroatoms. The Bertz CT molecular complexity index is 650. The number of likely N-dealkylation sites (tertiary alicyclic amines) is 1. The first kappa shape index (κ1) is 16.4. The van der Waals surface area contributed by atoms with Gasteiger partial charge in [0.15, 0.2) is 0 Å². The quantitative estimate of drug-likeness (QED) is 0.831. The van der Waals surface area contributed by atoms with E-state index in [2.05, 4.69) is 25.7 Å². The average Bonchev–Trinajstić information content (AvgIpc) is 3.04. The summed E-state index contributed by atoms with van der Waals surface area (Å²) in [5, 5.41) is 14.1. The number of hydrogen-bond donors (Lipinski definition) is 2. The van der Waals surface area contributed by atoms with Crippen molar-refractivity contribution in [3.8, 4) is 0 Å². The zero-order valence-electron chi connectivity index (χ0n) is 13.9. The number of piperidine rings is 1. The van der Waals surface area contributed by atoms with E-state index in [0.717, 1.165) is 31.5 Å². The van der Waals surface area contributed by atoms with Crippen LogP contribution in [0.25, 0.3) is 0 Å². The summed E-state index contributed by atoms with van der Waals surface area (Å²) in [7, 11) is 1.67. The van der Waals surface area contributed by atoms with E-state index in [4.69, 9.17) is 4.42 Å². The lowest BCUT2D eigenvalue weighted by atomic mass is 10.1. The second kappa shape index (κ2) is 7.92. The molecule has 2 heterocycles. The van der Waals surface area contributed by atoms with Gasteiger partial charge >= 0.3 is 6.01 Å². The Morgan fingerprint density at radius 3 is 2.71 bits per heavy atom. The Morgan fingerprint density at radius 2 is 2.00 bits per heavy atom. The number of nitrogens with one attached hydrogen (secondary N) is 2. The Morgan fingerprint density at radius 1 is 1.25 bits per heavy atom. The maximum Gasteiger partial charge on any atom is 0.315 e. The van der Waals surface area contributed by atoms with E-state index >= 15 is 0 Å². The molecule has 1 saturated heterocycles. The number of carbonyl (C=O) groups is 1. The Kier molecular flexibility index (Phi) is 5.43. The number of rotatable bonds is 6. The average molecular weight is 329 g/mol. The fourth-order valence-electron chi connectivity index (χ4n) is 2.85. The SMILES string of the molecule is CNC(=O)CN1CCC(Nc2nnc(Cc3ccccc3)o2)CC1. The summed E-state index contributed by atoms with van der Waals surface area (Å²) >= 11 is 0. The highest BCUT2D eigenvalue weighted by Gasteiger charge is 2.21. The fourth-order valence-corrected chi connectivity index (χ4v) is 2.85. The highest BCUT2D eigenvalue weighted by Crippen LogP contribution is 2.17. The van der Waals surface area contributed by atoms with Crippen molar-refractivity contribution < 1.29 is 9.21 Å². The van der Waals surface area contributed by atoms with Crippen molar-refractivity contribution in [1.82, 2.24) is 20.4 Å². The Labute approximate surface area is 141 Å². The molecule has 0 atom stereocenters. The molecule has 128 valence electrons. The van der Waals surface area contributed by atoms with Gasteiger partial charge < -0.3 is 15.1 Å². The second-order valence-corrected chi connectivity index (χ2v) is 6.03. The maximum absolute atomic E-state index is 11.4. The van der Waals surface area contributed by atoms with Crippen molar-refractivity contribution in [2.24, 2.45) is 0 Å². The molecular formula is C17H23N5O2. The summed E-state index contributed by atoms with van der Waals surface area (Å²) < 4.78 is 5.69. The van der Waals surface area contributed by atoms with Gasteiger partial charge in [0.05, 0.1) is 13.0 Å². The first-order valence-corrected chi connectivity index (χ1v) is 8.28. The molecule has 7 nitrogen and oxygen atoms in total. The molecule has 3 rings (SSSR count). The molecule has 0 bridgehead atoms. The maximum atomic E-state index is 11.4. The van der Waals surface area contributed by atoms with Crippen LogP contribution < -0.4 is 10.6 Å². The van der Waals surface area contributed by atoms with Gasteiger partial charge in [-0.15, -0.1) is 5.10 Å². The lowest BCUT2D eigenvalue weighted by Crippen LogP contribution is -2.43. The molecule has 0 saturated carbocycles. The minimum atomic E-state index is 0.0591. The van der Waals surface area contributed by atoms with Gasteiger partial charge in [-0.25, -0.2) is 0 Å². The van der Waals surface area contributed by atoms with Gasteiger partial charge in [-0.05, 0) is 18.4 Å². The van der Waals surface area contributed by atoms with E-state index in [0.29, 0.717) is 30.9 Å². The predicted molar refractivity (Wildman–Crippen MR) is 90.7 cm³/mol. The predicted octanol–water partition coefficient (Wildman–Crippen LogP) is 1.28. The van der Waals surface area contributed by atoms with Crippen molar-refractivity contribution in [3.63, 3.8) is 0 Å². The van der Waals surface area contributed by atoms with E-state index in [-0.39, 0.29) is 5.91 Å². The molecule has 1 aromatic heterocycles. The van der Waals surface area contributed by atoms with Crippen LogP contribution in [-0.4, -0.2) is 53.7 Å². The Hall–Kier alpha value is -2.41. The number of nitrogens with zero attached hydrogens (tertiary/aromatic N) is 3. The number of aromatic nitrogens is 2. The van der Waals surface area contributed by atoms with Crippen LogP contribution >= 0.6 is 0 Å². The minimum absolute atomic E-state index is 0.0591. The fraction of sp³-hybridized carbons (Fsp3) is 0.471. The van der Waals surface area contributed by atoms with Gasteiger partial charge in [0.2, 0.25) is 11.8 Å². The van der Waals surface area contributed by atoms with E-state index in [1.54, 1.807) is 7.05 Å². The molecule has 0 spiro atoms. The normalized spacial score (nSPS) is 16.0. The lowest BCUT2D eigenvalue weighted by molar-refractivity contribution is -0.122. The molecule has 0 aliphatic carbocycles. The van der Waals surface area contributed by atoms with E-state index < -0.39 is 0 Å². The smallest absolute Gasteiger partial charge is 0.315 e. The summed E-state index contributed by atoms with van der Waals surface area (Å²) in [4.78, 5) is 13.6. The molecular weight excluding hydrogens is 306 g/mol. The summed E-state index contributed by atoms with van der Waals surface area (Å²) in [6, 6.07) is 10.8. The van der Waals surface area contributed by atoms with Crippen molar-refractivity contribution in [2.75, 3.05) is 32.0 Å². The van der Waals surface area contributed by atoms with Gasteiger partial charge in [-0.3, -0.25) is 9.69 Å². The van der Waals surface area contributed by atoms with Gasteiger partial charge in [-0.1, -0.05) is 35.4 Å². The number of hydrogen-bond acceptors (Lipinski definition) is 6. The summed E-state index contributed by atoms with van der Waals surface area (Å²) in [6.07, 6.45) is 2.54. The molecule has 1 fully saturated rings. The minimum Gasteiger partial charge on any atom is -0.408 e. The Balaban J connectivity index is 1.47. The van der Waals surface area contributed by atoms with Gasteiger partial charge in [0, 0.05) is 26.2 Å². The third-order valence-corrected chi connectivity index (χ3v) is 4.23. The number of amides is 1. The standard InChI is InChI=1S/C17H23N5O2/c1-18-15(23)12-22-9-7-14(8-10-22)19-17-21-20-16(24-17)11-13-5-3-2-4-6-13/h2-6,14H,7-12H2,1H3,(H,18,23)(H,19,21). The zero-order chi connectivity index (χ0) is 16.8. The van der Waals surface area contributed by atoms with Crippen LogP contribution in [0.2, 0.25) is 0 Å². The third kappa shape index (κ3) is 4.55. The van der Waals surface area contributed by atoms with Gasteiger partial charge in [-0.2, -0.15) is 0 Å². The van der Waals surface area contributed by atoms with Gasteiger partial charge in [0.25, 0.3) is 0 Å². The number of anilines is 1. The molecule has 1 amide bonds. The largest absolute Gasteiger partial charge is 0.408 e. The zero-order valence-corrected chi connectivity index (χ0v) is 13.9. The monoisotopic (exact) mass is 329 g/mol. The first-order valence-electron chi connectivity index (χ1n) is 8.28. The highest BCUT2D eigenvalue weighted by molar-refractivity contribution is 5.77. The van der Waals surface area contributed by atoms with Crippen LogP contribution in [0, 0.1) is 0 Å². The molecule has 1 aliphatic heterocycles. The molecule has 24 heavy (non-hydrogen) atoms. The number of benzene rings is 1. The van der Waals surface area contributed by atoms with E-state index in [1.165, 1.54) is 0 Å². The summed E-state index contributed by atoms with van der Waals surface area (Å²) in [5.74, 6) is 0.671. The topological polar surface area (TPSA) is 83.3 Å². The van der Waals surface area contributed by atoms with Crippen molar-refractivity contribution in [3.05, 3.63) is 41.8 Å². The second-order valence-electron chi connectivity index (χ2n) is 6.03. The van der Waals surface area contributed by atoms with E-state index in [1.807, 2.05) is 30.3 Å². The van der Waals surface area contributed by atoms with Crippen LogP contribution in [0.3, 0.4) is 0 Å². The number of carbonyl (C=O) groups excluding carboxylic acids is 1. The van der Waals surface area contributed by atoms with E-state index in [9.17, 15) is 4.79 Å². The highest BCUT2D eigenvalue weighted by atomic mass is 16.4. The lowest BCUT2D eigenvalue weighted by Gasteiger charge is -2.31. The molecule has 2 aromatic rings. The molecule has 1 aromatic carbocycles. The number of likely N-dealkylation sites (N-methyl/N-ethyl adjacent to an activating group) is 1. The van der Waals surface area contributed by atoms with Crippen molar-refractivity contribution in [2.45, 2.75) is 25.3 Å². The third-order valence-electron chi connectivity index (χ3n) is 4.23. The van der Waals surface area contributed by atoms with Crippen molar-refractivity contribution in [1.29, 1.82) is 0 Å². The molecule has 2 N–H and O–H groups in total. The van der Waals surface area contributed by atoms with Crippen LogP contribution in [-0.2, 0) is 11.2 Å². The van der Waals surface area contributed by atoms with Crippen LogP contribution in [0.15, 0.2) is 34.7 Å². The summed E-state index contributed by atoms with van der Waals surface area (Å²) in [6.45, 7) is 2.23. The van der Waals surface area contributed by atoms with Crippen molar-refractivity contribution >= 4 is 11.9 Å².